The van der Waals surface area contributed by atoms with Crippen molar-refractivity contribution >= 4 is 34.3 Å². The van der Waals surface area contributed by atoms with Crippen LogP contribution in [0.1, 0.15) is 20.4 Å². The number of carbonyl (C=O) groups excluding carboxylic acids is 1. The maximum Gasteiger partial charge on any atom is 0.267 e. The van der Waals surface area contributed by atoms with E-state index in [9.17, 15) is 4.79 Å². The van der Waals surface area contributed by atoms with Crippen LogP contribution >= 0.6 is 22.7 Å². The van der Waals surface area contributed by atoms with Gasteiger partial charge in [0, 0.05) is 16.5 Å². The molecule has 4 aromatic rings. The Hall–Kier alpha value is -2.83. The van der Waals surface area contributed by atoms with Crippen molar-refractivity contribution < 1.29 is 4.79 Å². The number of hydrogen-bond donors (Lipinski definition) is 1. The van der Waals surface area contributed by atoms with Gasteiger partial charge >= 0.3 is 0 Å². The summed E-state index contributed by atoms with van der Waals surface area (Å²) in [4.78, 5) is 22.6. The average molecular weight is 392 g/mol. The van der Waals surface area contributed by atoms with Gasteiger partial charge in [-0.05, 0) is 19.9 Å². The van der Waals surface area contributed by atoms with Crippen molar-refractivity contribution in [3.8, 4) is 21.8 Å². The maximum atomic E-state index is 12.9. The van der Waals surface area contributed by atoms with Crippen molar-refractivity contribution in [2.75, 3.05) is 5.32 Å². The molecule has 4 rings (SSSR count). The summed E-state index contributed by atoms with van der Waals surface area (Å²) in [6, 6.07) is 17.6. The number of rotatable bonds is 4. The van der Waals surface area contributed by atoms with Gasteiger partial charge in [-0.2, -0.15) is 0 Å². The second kappa shape index (κ2) is 7.42. The van der Waals surface area contributed by atoms with E-state index in [0.29, 0.717) is 4.88 Å². The van der Waals surface area contributed by atoms with Crippen LogP contribution in [-0.2, 0) is 0 Å². The molecule has 0 atom stereocenters. The Balaban J connectivity index is 1.63. The number of hydrogen-bond acceptors (Lipinski definition) is 5. The van der Waals surface area contributed by atoms with Crippen LogP contribution in [0.4, 0.5) is 5.69 Å². The molecule has 0 bridgehead atoms. The van der Waals surface area contributed by atoms with Crippen molar-refractivity contribution in [3.63, 3.8) is 0 Å². The molecule has 0 unspecified atom stereocenters. The van der Waals surface area contributed by atoms with Gasteiger partial charge in [0.1, 0.15) is 9.88 Å². The van der Waals surface area contributed by atoms with Gasteiger partial charge in [-0.25, -0.2) is 9.97 Å². The third-order valence-electron chi connectivity index (χ3n) is 4.09. The molecule has 1 N–H and O–H groups in total. The Bertz CT molecular complexity index is 1100. The first-order valence-corrected chi connectivity index (χ1v) is 10.2. The highest BCUT2D eigenvalue weighted by Gasteiger charge is 2.18. The zero-order valence-electron chi connectivity index (χ0n) is 14.9. The molecule has 1 amide bonds. The third-order valence-corrected chi connectivity index (χ3v) is 6.07. The average Bonchev–Trinajstić information content (AvgIpc) is 3.29. The highest BCUT2D eigenvalue weighted by atomic mass is 32.1. The van der Waals surface area contributed by atoms with Crippen LogP contribution in [0.2, 0.25) is 0 Å². The minimum atomic E-state index is -0.147. The van der Waals surface area contributed by atoms with Gasteiger partial charge in [-0.3, -0.25) is 4.79 Å². The van der Waals surface area contributed by atoms with Crippen molar-refractivity contribution in [1.82, 2.24) is 9.97 Å². The lowest BCUT2D eigenvalue weighted by Gasteiger charge is -2.09. The van der Waals surface area contributed by atoms with E-state index in [0.717, 1.165) is 38.2 Å². The summed E-state index contributed by atoms with van der Waals surface area (Å²) >= 11 is 3.00. The lowest BCUT2D eigenvalue weighted by molar-refractivity contribution is 0.103. The Labute approximate surface area is 165 Å². The van der Waals surface area contributed by atoms with Crippen molar-refractivity contribution in [3.05, 3.63) is 75.6 Å². The molecular formula is C21H17N3OS2. The van der Waals surface area contributed by atoms with Gasteiger partial charge in [0.15, 0.2) is 0 Å². The first-order chi connectivity index (χ1) is 13.1. The second-order valence-electron chi connectivity index (χ2n) is 6.05. The van der Waals surface area contributed by atoms with E-state index in [1.54, 1.807) is 11.3 Å². The Morgan fingerprint density at radius 1 is 0.963 bits per heavy atom. The summed E-state index contributed by atoms with van der Waals surface area (Å²) in [5.41, 5.74) is 4.29. The topological polar surface area (TPSA) is 54.9 Å². The van der Waals surface area contributed by atoms with Crippen LogP contribution in [0.15, 0.2) is 60.0 Å². The molecule has 2 aromatic carbocycles. The summed E-state index contributed by atoms with van der Waals surface area (Å²) in [7, 11) is 0. The molecule has 6 heteroatoms. The smallest absolute Gasteiger partial charge is 0.267 e. The van der Waals surface area contributed by atoms with Crippen LogP contribution < -0.4 is 5.32 Å². The van der Waals surface area contributed by atoms with E-state index in [1.807, 2.05) is 73.8 Å². The lowest BCUT2D eigenvalue weighted by Crippen LogP contribution is -2.12. The number of nitrogens with one attached hydrogen (secondary N) is 1. The first kappa shape index (κ1) is 17.6. The first-order valence-electron chi connectivity index (χ1n) is 8.47. The van der Waals surface area contributed by atoms with E-state index < -0.39 is 0 Å². The van der Waals surface area contributed by atoms with Gasteiger partial charge < -0.3 is 5.32 Å². The molecule has 2 heterocycles. The van der Waals surface area contributed by atoms with Crippen LogP contribution in [0.5, 0.6) is 0 Å². The van der Waals surface area contributed by atoms with Crippen molar-refractivity contribution in [1.29, 1.82) is 0 Å². The maximum absolute atomic E-state index is 12.9. The number of nitrogens with zero attached hydrogens (tertiary/aromatic N) is 2. The fourth-order valence-corrected chi connectivity index (χ4v) is 4.37. The van der Waals surface area contributed by atoms with Crippen LogP contribution in [0.3, 0.4) is 0 Å². The van der Waals surface area contributed by atoms with Gasteiger partial charge in [0.25, 0.3) is 5.91 Å². The molecule has 0 aliphatic heterocycles. The molecule has 27 heavy (non-hydrogen) atoms. The van der Waals surface area contributed by atoms with Gasteiger partial charge in [0.2, 0.25) is 0 Å². The summed E-state index contributed by atoms with van der Waals surface area (Å²) in [5.74, 6) is -0.147. The summed E-state index contributed by atoms with van der Waals surface area (Å²) in [6.45, 7) is 3.84. The number of para-hydroxylation sites is 1. The number of thiazole rings is 2. The van der Waals surface area contributed by atoms with Gasteiger partial charge in [-0.15, -0.1) is 22.7 Å². The van der Waals surface area contributed by atoms with Crippen molar-refractivity contribution in [2.24, 2.45) is 0 Å². The van der Waals surface area contributed by atoms with E-state index in [-0.39, 0.29) is 5.91 Å². The predicted octanol–water partition coefficient (Wildman–Crippen LogP) is 5.80. The molecule has 0 fully saturated rings. The standard InChI is InChI=1S/C21H17N3OS2/c1-13-19(27-21(22-13)15-8-4-3-5-9-15)20(25)24-17-11-7-6-10-16(17)18-12-26-14(2)23-18/h3-12H,1-2H3,(H,24,25). The zero-order valence-corrected chi connectivity index (χ0v) is 16.5. The van der Waals surface area contributed by atoms with Crippen LogP contribution in [0, 0.1) is 13.8 Å². The molecule has 0 aliphatic carbocycles. The van der Waals surface area contributed by atoms with Gasteiger partial charge in [0.05, 0.1) is 22.1 Å². The molecule has 134 valence electrons. The highest BCUT2D eigenvalue weighted by Crippen LogP contribution is 2.31. The fourth-order valence-electron chi connectivity index (χ4n) is 2.79. The minimum absolute atomic E-state index is 0.147. The summed E-state index contributed by atoms with van der Waals surface area (Å²) < 4.78 is 0. The molecule has 0 saturated carbocycles. The number of benzene rings is 2. The van der Waals surface area contributed by atoms with Crippen LogP contribution in [-0.4, -0.2) is 15.9 Å². The number of aryl methyl sites for hydroxylation is 2. The minimum Gasteiger partial charge on any atom is -0.321 e. The molecule has 0 aliphatic rings. The largest absolute Gasteiger partial charge is 0.321 e. The monoisotopic (exact) mass is 391 g/mol. The number of amides is 1. The van der Waals surface area contributed by atoms with Crippen molar-refractivity contribution in [2.45, 2.75) is 13.8 Å². The summed E-state index contributed by atoms with van der Waals surface area (Å²) in [6.07, 6.45) is 0. The van der Waals surface area contributed by atoms with E-state index >= 15 is 0 Å². The fraction of sp³-hybridized carbons (Fsp3) is 0.0952. The Kier molecular flexibility index (Phi) is 4.83. The molecule has 0 radical (unpaired) electrons. The zero-order chi connectivity index (χ0) is 18.8. The molecule has 0 spiro atoms. The molecular weight excluding hydrogens is 374 g/mol. The second-order valence-corrected chi connectivity index (χ2v) is 8.11. The van der Waals surface area contributed by atoms with Gasteiger partial charge in [-0.1, -0.05) is 48.5 Å². The Morgan fingerprint density at radius 3 is 2.44 bits per heavy atom. The molecule has 4 nitrogen and oxygen atoms in total. The molecule has 2 aromatic heterocycles. The SMILES string of the molecule is Cc1nc(-c2ccccc2NC(=O)c2sc(-c3ccccc3)nc2C)cs1. The third kappa shape index (κ3) is 3.67. The summed E-state index contributed by atoms with van der Waals surface area (Å²) in [5, 5.41) is 6.89. The quantitative estimate of drug-likeness (QED) is 0.478. The number of carbonyl (C=O) groups is 1. The van der Waals surface area contributed by atoms with E-state index in [1.165, 1.54) is 11.3 Å². The predicted molar refractivity (Wildman–Crippen MR) is 113 cm³/mol. The lowest BCUT2D eigenvalue weighted by atomic mass is 10.1. The number of aromatic nitrogens is 2. The molecule has 0 saturated heterocycles. The number of anilines is 1. The van der Waals surface area contributed by atoms with Crippen LogP contribution in [0.25, 0.3) is 21.8 Å². The normalized spacial score (nSPS) is 10.7. The Morgan fingerprint density at radius 2 is 1.70 bits per heavy atom. The van der Waals surface area contributed by atoms with E-state index in [4.69, 9.17) is 0 Å². The van der Waals surface area contributed by atoms with E-state index in [2.05, 4.69) is 15.3 Å². The highest BCUT2D eigenvalue weighted by molar-refractivity contribution is 7.17.